The van der Waals surface area contributed by atoms with Gasteiger partial charge in [0.2, 0.25) is 0 Å². The average Bonchev–Trinajstić information content (AvgIpc) is 0.781. The van der Waals surface area contributed by atoms with Crippen LogP contribution < -0.4 is 14.2 Å². The summed E-state index contributed by atoms with van der Waals surface area (Å²) in [4.78, 5) is 68.7. The topological polar surface area (TPSA) is 330 Å². The zero-order valence-corrected chi connectivity index (χ0v) is 98.2. The molecule has 0 radical (unpaired) electrons. The van der Waals surface area contributed by atoms with E-state index in [1.165, 1.54) is 0 Å². The van der Waals surface area contributed by atoms with Crippen molar-refractivity contribution in [3.05, 3.63) is 156 Å². The number of benzene rings is 6. The molecule has 0 unspecified atom stereocenters. The summed E-state index contributed by atoms with van der Waals surface area (Å²) in [5.74, 6) is 1.14. The number of hydrogen-bond acceptors (Lipinski definition) is 24. The molecule has 0 spiro atoms. The number of nitrogens with zero attached hydrogens (tertiary/aromatic N) is 6. The molecule has 0 bridgehead atoms. The number of hydrogen-bond donors (Lipinski definition) is 6. The maximum Gasteiger partial charge on any atom is 0.335 e. The fraction of sp³-hybridized carbons (Fsp3) is 0.619. The molecule has 6 atom stereocenters. The van der Waals surface area contributed by atoms with E-state index in [2.05, 4.69) is 143 Å². The molecule has 27 heteroatoms. The summed E-state index contributed by atoms with van der Waals surface area (Å²) >= 11 is 0. The second-order valence-corrected chi connectivity index (χ2v) is 59.5. The van der Waals surface area contributed by atoms with Crippen molar-refractivity contribution in [2.24, 2.45) is 30.0 Å². The van der Waals surface area contributed by atoms with Crippen LogP contribution in [0.3, 0.4) is 0 Å². The minimum Gasteiger partial charge on any atom is -0.507 e. The molecule has 6 N–H and O–H groups in total. The first-order valence-corrected chi connectivity index (χ1v) is 60.4. The molecule has 9 rings (SSSR count). The van der Waals surface area contributed by atoms with E-state index in [9.17, 15) is 45.0 Å². The Morgan fingerprint density at radius 2 is 0.448 bits per heavy atom. The molecule has 3 fully saturated rings. The van der Waals surface area contributed by atoms with Crippen LogP contribution in [0.2, 0.25) is 37.8 Å². The highest BCUT2D eigenvalue weighted by atomic mass is 28.4. The lowest BCUT2D eigenvalue weighted by atomic mass is 9.79. The predicted molar refractivity (Wildman–Crippen MR) is 601 cm³/mol. The van der Waals surface area contributed by atoms with E-state index in [0.717, 1.165) is 127 Å². The smallest absolute Gasteiger partial charge is 0.335 e. The monoisotopic (exact) mass is 2060 g/mol. The van der Waals surface area contributed by atoms with Crippen molar-refractivity contribution in [1.29, 1.82) is 0 Å². The number of rotatable bonds is 34. The van der Waals surface area contributed by atoms with Gasteiger partial charge in [0.25, 0.3) is 0 Å². The number of esters is 3. The molecule has 0 saturated heterocycles. The van der Waals surface area contributed by atoms with E-state index in [1.807, 2.05) is 146 Å². The van der Waals surface area contributed by atoms with Crippen molar-refractivity contribution in [1.82, 2.24) is 0 Å². The number of ether oxygens (including phenoxy) is 3. The van der Waals surface area contributed by atoms with Crippen molar-refractivity contribution in [3.8, 4) is 51.7 Å². The van der Waals surface area contributed by atoms with Gasteiger partial charge in [-0.1, -0.05) is 244 Å². The lowest BCUT2D eigenvalue weighted by molar-refractivity contribution is -0.135. The Morgan fingerprint density at radius 1 is 0.276 bits per heavy atom. The van der Waals surface area contributed by atoms with Gasteiger partial charge in [-0.15, -0.1) is 0 Å². The first-order chi connectivity index (χ1) is 67.0. The first-order valence-electron chi connectivity index (χ1n) is 52.8. The van der Waals surface area contributed by atoms with Gasteiger partial charge in [-0.25, -0.2) is 0 Å². The maximum absolute atomic E-state index is 13.0. The van der Waals surface area contributed by atoms with Crippen LogP contribution in [0.4, 0.5) is 0 Å². The maximum atomic E-state index is 13.0. The number of carbonyl (C=O) groups is 3. The van der Waals surface area contributed by atoms with E-state index in [-0.39, 0.29) is 140 Å². The molecular weight excluding hydrogens is 1870 g/mol. The minimum absolute atomic E-state index is 0.0685. The Bertz CT molecular complexity index is 5280. The predicted octanol–water partition coefficient (Wildman–Crippen LogP) is 27.1. The van der Waals surface area contributed by atoms with Crippen LogP contribution in [0.15, 0.2) is 103 Å². The van der Waals surface area contributed by atoms with Gasteiger partial charge in [-0.2, -0.15) is 0 Å². The summed E-state index contributed by atoms with van der Waals surface area (Å²) in [6.07, 6.45) is 22.5. The van der Waals surface area contributed by atoms with Crippen LogP contribution in [0, 0.1) is 0 Å². The molecule has 6 aromatic carbocycles. The van der Waals surface area contributed by atoms with Crippen molar-refractivity contribution in [2.75, 3.05) is 40.6 Å². The Hall–Kier alpha value is -9.04. The Balaban J connectivity index is 0.000000295. The summed E-state index contributed by atoms with van der Waals surface area (Å²) in [5, 5.41) is 67.9. The van der Waals surface area contributed by atoms with Crippen molar-refractivity contribution < 1.29 is 85.8 Å². The molecule has 0 heterocycles. The average molecular weight is 2060 g/mol. The second-order valence-electron chi connectivity index (χ2n) is 49.3. The van der Waals surface area contributed by atoms with Gasteiger partial charge < -0.3 is 71.4 Å². The molecule has 24 nitrogen and oxygen atoms in total. The number of aromatic hydroxyl groups is 6. The fourth-order valence-electron chi connectivity index (χ4n) is 18.1. The van der Waals surface area contributed by atoms with Gasteiger partial charge in [0, 0.05) is 182 Å². The third kappa shape index (κ3) is 36.4. The molecular formula is C118H182N6O18Si3. The van der Waals surface area contributed by atoms with Crippen molar-refractivity contribution in [2.45, 2.75) is 434 Å². The summed E-state index contributed by atoms with van der Waals surface area (Å²) in [6, 6.07) is 23.7. The lowest BCUT2D eigenvalue weighted by Gasteiger charge is -2.28. The van der Waals surface area contributed by atoms with E-state index in [4.69, 9.17) is 70.7 Å². The molecule has 3 saturated carbocycles. The largest absolute Gasteiger partial charge is 0.507 e. The standard InChI is InChI=1S/2C40H62N2O6Si.C38H58N2O6Si/c2*1-13-46-49(12,47-14-2)20-19-35(43)48-30-22-28(37(45)32(24-30)40(9,10)11)26-42-34-18-16-15-17-33(34)41-25-27-21-29(38(3,4)5)23-31(36(27)44)39(6,7)8;1-36(2,3)27-19-25(34(42)29(21-27)37(4,5)6)23-39-31-15-13-14-16-32(31)40-24-26-20-28(22-30(35(26)43)38(7,8)9)46-33(41)17-18-47(12,44-10)45-11/h2*21-26,33-34,44-45H,13-20H2,1-12H3;19-24,31-32,42-43H,13-18H2,1-12H3/t2*33-,34-;31-,32-/m111/s1. The summed E-state index contributed by atoms with van der Waals surface area (Å²) in [7, 11) is -4.16. The number of carbonyl (C=O) groups excluding carboxylic acids is 3. The molecule has 0 amide bonds. The number of phenolic OH excluding ortho intramolecular Hbond substituents is 6. The van der Waals surface area contributed by atoms with Crippen LogP contribution in [0.25, 0.3) is 0 Å². The van der Waals surface area contributed by atoms with Gasteiger partial charge in [0.05, 0.1) is 36.3 Å². The SMILES string of the molecule is CCO[Si](C)(CCC(=O)Oc1cc(C=N[C@@H]2CCCC[C@H]2N=Cc2cc(C(C)(C)C)cc(C(C)(C)C)c2O)c(O)c(C(C)(C)C)c1)OCC.CCO[Si](C)(CCC(=O)Oc1cc(C=N[C@@H]2CCCC[C@H]2N=Cc2cc(C(C)(C)C)cc(C(C)(C)C)c2O)c(O)c(C(C)(C)C)c1)OCC.CO[Si](C)(CCC(=O)Oc1cc(C=N[C@@H]2CCCC[C@H]2N=Cc2cc(C(C)(C)C)cc(C(C)(C)C)c2O)c(O)c(C(C)(C)C)c1)OC. The highest BCUT2D eigenvalue weighted by molar-refractivity contribution is 6.67. The fourth-order valence-corrected chi connectivity index (χ4v) is 23.9. The van der Waals surface area contributed by atoms with E-state index in [0.29, 0.717) is 95.2 Å². The van der Waals surface area contributed by atoms with Gasteiger partial charge in [-0.05, 0) is 206 Å². The number of phenols is 6. The zero-order valence-electron chi connectivity index (χ0n) is 95.2. The van der Waals surface area contributed by atoms with E-state index < -0.39 is 41.9 Å². The lowest BCUT2D eigenvalue weighted by Crippen LogP contribution is -2.39. The first kappa shape index (κ1) is 123. The summed E-state index contributed by atoms with van der Waals surface area (Å²) in [6.45, 7) is 72.4. The van der Waals surface area contributed by atoms with Crippen molar-refractivity contribution >= 4 is 80.9 Å². The van der Waals surface area contributed by atoms with Crippen LogP contribution >= 0.6 is 0 Å². The van der Waals surface area contributed by atoms with Gasteiger partial charge >= 0.3 is 43.6 Å². The van der Waals surface area contributed by atoms with E-state index in [1.54, 1.807) is 69.3 Å². The van der Waals surface area contributed by atoms with Gasteiger partial charge in [0.15, 0.2) is 0 Å². The van der Waals surface area contributed by atoms with Crippen LogP contribution in [0.1, 0.15) is 394 Å². The third-order valence-corrected chi connectivity index (χ3v) is 36.2. The molecule has 3 aliphatic carbocycles. The van der Waals surface area contributed by atoms with Gasteiger partial charge in [-0.3, -0.25) is 44.3 Å². The Kier molecular flexibility index (Phi) is 43.6. The molecule has 804 valence electrons. The Morgan fingerprint density at radius 3 is 0.614 bits per heavy atom. The van der Waals surface area contributed by atoms with Crippen molar-refractivity contribution in [3.63, 3.8) is 0 Å². The molecule has 6 aromatic rings. The van der Waals surface area contributed by atoms with Crippen LogP contribution in [-0.2, 0) is 89.7 Å². The zero-order chi connectivity index (χ0) is 109. The molecule has 0 aliphatic heterocycles. The molecule has 0 aromatic heterocycles. The quantitative estimate of drug-likeness (QED) is 0.00946. The van der Waals surface area contributed by atoms with Crippen LogP contribution in [0.5, 0.6) is 51.7 Å². The highest BCUT2D eigenvalue weighted by Gasteiger charge is 2.39. The van der Waals surface area contributed by atoms with E-state index >= 15 is 0 Å². The third-order valence-electron chi connectivity index (χ3n) is 27.4. The molecule has 145 heavy (non-hydrogen) atoms. The second kappa shape index (κ2) is 51.5. The molecule has 3 aliphatic rings. The Labute approximate surface area is 873 Å². The normalized spacial score (nSPS) is 18.1. The summed E-state index contributed by atoms with van der Waals surface area (Å²) in [5.41, 5.74) is 9.70. The number of aliphatic imine (C=N–C) groups is 6. The van der Waals surface area contributed by atoms with Crippen LogP contribution in [-0.4, -0.2) is 188 Å². The van der Waals surface area contributed by atoms with Gasteiger partial charge in [0.1, 0.15) is 51.7 Å². The highest BCUT2D eigenvalue weighted by Crippen LogP contribution is 2.46. The minimum atomic E-state index is -2.47. The summed E-state index contributed by atoms with van der Waals surface area (Å²) < 4.78 is 52.0.